The molecule has 0 amide bonds. The molecule has 10 heteroatoms. The molecule has 0 atom stereocenters. The molecule has 35 heavy (non-hydrogen) atoms. The zero-order valence-electron chi connectivity index (χ0n) is 19.5. The van der Waals surface area contributed by atoms with Crippen molar-refractivity contribution in [3.05, 3.63) is 75.3 Å². The van der Waals surface area contributed by atoms with Crippen molar-refractivity contribution in [3.8, 4) is 0 Å². The third-order valence-electron chi connectivity index (χ3n) is 5.98. The van der Waals surface area contributed by atoms with Crippen LogP contribution in [0.1, 0.15) is 53.5 Å². The number of pyridine rings is 1. The second kappa shape index (κ2) is 10.4. The number of aromatic nitrogens is 3. The maximum atomic E-state index is 13.6. The molecule has 0 saturated carbocycles. The predicted octanol–water partition coefficient (Wildman–Crippen LogP) is 6.35. The summed E-state index contributed by atoms with van der Waals surface area (Å²) >= 11 is 6.02. The van der Waals surface area contributed by atoms with Gasteiger partial charge >= 0.3 is 6.18 Å². The Bertz CT molecular complexity index is 1200. The SMILES string of the molecule is CC(C)c1nc2c(c(NCc3ccc(Cl)c(CF)c3)n1)CCN(c1ncccc1C(F)(F)F)CC2. The number of rotatable bonds is 6. The van der Waals surface area contributed by atoms with Gasteiger partial charge in [-0.15, -0.1) is 0 Å². The number of anilines is 2. The summed E-state index contributed by atoms with van der Waals surface area (Å²) in [5.41, 5.74) is 2.21. The molecule has 1 aliphatic heterocycles. The van der Waals surface area contributed by atoms with Gasteiger partial charge in [-0.2, -0.15) is 13.2 Å². The minimum atomic E-state index is -4.49. The number of benzene rings is 1. The number of nitrogens with one attached hydrogen (secondary N) is 1. The highest BCUT2D eigenvalue weighted by atomic mass is 35.5. The molecule has 4 rings (SSSR count). The number of halogens is 5. The molecule has 0 unspecified atom stereocenters. The van der Waals surface area contributed by atoms with Crippen LogP contribution in [-0.4, -0.2) is 28.0 Å². The van der Waals surface area contributed by atoms with Gasteiger partial charge in [-0.3, -0.25) is 0 Å². The van der Waals surface area contributed by atoms with Gasteiger partial charge in [0.2, 0.25) is 0 Å². The molecule has 0 saturated heterocycles. The van der Waals surface area contributed by atoms with E-state index in [4.69, 9.17) is 21.6 Å². The first kappa shape index (κ1) is 25.2. The highest BCUT2D eigenvalue weighted by Crippen LogP contribution is 2.36. The van der Waals surface area contributed by atoms with Crippen molar-refractivity contribution in [1.82, 2.24) is 15.0 Å². The normalized spacial score (nSPS) is 14.1. The van der Waals surface area contributed by atoms with Crippen molar-refractivity contribution >= 4 is 23.2 Å². The molecule has 1 aliphatic rings. The van der Waals surface area contributed by atoms with Crippen LogP contribution in [-0.2, 0) is 32.2 Å². The molecular formula is C25H26ClF4N5. The van der Waals surface area contributed by atoms with Crippen molar-refractivity contribution in [2.24, 2.45) is 0 Å². The fraction of sp³-hybridized carbons (Fsp3) is 0.400. The lowest BCUT2D eigenvalue weighted by Gasteiger charge is -2.24. The molecule has 1 N–H and O–H groups in total. The van der Waals surface area contributed by atoms with Crippen LogP contribution < -0.4 is 10.2 Å². The van der Waals surface area contributed by atoms with Gasteiger partial charge in [0.15, 0.2) is 0 Å². The van der Waals surface area contributed by atoms with Crippen LogP contribution in [0.2, 0.25) is 5.02 Å². The first-order chi connectivity index (χ1) is 16.7. The smallest absolute Gasteiger partial charge is 0.366 e. The summed E-state index contributed by atoms with van der Waals surface area (Å²) in [7, 11) is 0. The van der Waals surface area contributed by atoms with Crippen LogP contribution >= 0.6 is 11.6 Å². The first-order valence-corrected chi connectivity index (χ1v) is 11.8. The molecule has 0 radical (unpaired) electrons. The van der Waals surface area contributed by atoms with Crippen LogP contribution in [0.4, 0.5) is 29.2 Å². The van der Waals surface area contributed by atoms with Crippen LogP contribution in [0.5, 0.6) is 0 Å². The van der Waals surface area contributed by atoms with Gasteiger partial charge < -0.3 is 10.2 Å². The lowest BCUT2D eigenvalue weighted by molar-refractivity contribution is -0.137. The van der Waals surface area contributed by atoms with Crippen molar-refractivity contribution in [2.75, 3.05) is 23.3 Å². The number of hydrogen-bond acceptors (Lipinski definition) is 5. The average Bonchev–Trinajstić information content (AvgIpc) is 3.05. The molecule has 0 fully saturated rings. The van der Waals surface area contributed by atoms with Gasteiger partial charge in [-0.25, -0.2) is 19.3 Å². The van der Waals surface area contributed by atoms with Crippen molar-refractivity contribution in [1.29, 1.82) is 0 Å². The molecule has 0 spiro atoms. The van der Waals surface area contributed by atoms with Crippen LogP contribution in [0.15, 0.2) is 36.5 Å². The molecule has 1 aromatic carbocycles. The van der Waals surface area contributed by atoms with Gasteiger partial charge in [0.05, 0.1) is 11.3 Å². The first-order valence-electron chi connectivity index (χ1n) is 11.4. The van der Waals surface area contributed by atoms with E-state index in [1.165, 1.54) is 12.3 Å². The molecule has 2 aromatic heterocycles. The zero-order valence-corrected chi connectivity index (χ0v) is 20.2. The Morgan fingerprint density at radius 1 is 1.11 bits per heavy atom. The van der Waals surface area contributed by atoms with Crippen molar-refractivity contribution in [3.63, 3.8) is 0 Å². The van der Waals surface area contributed by atoms with Gasteiger partial charge in [-0.05, 0) is 36.2 Å². The molecular weight excluding hydrogens is 482 g/mol. The number of nitrogens with zero attached hydrogens (tertiary/aromatic N) is 4. The number of fused-ring (bicyclic) bond motifs is 1. The topological polar surface area (TPSA) is 53.9 Å². The van der Waals surface area contributed by atoms with E-state index in [0.717, 1.165) is 22.9 Å². The van der Waals surface area contributed by atoms with Crippen LogP contribution in [0, 0.1) is 0 Å². The number of alkyl halides is 4. The van der Waals surface area contributed by atoms with E-state index >= 15 is 0 Å². The maximum Gasteiger partial charge on any atom is 0.419 e. The minimum Gasteiger partial charge on any atom is -0.366 e. The molecule has 0 bridgehead atoms. The van der Waals surface area contributed by atoms with Crippen LogP contribution in [0.3, 0.4) is 0 Å². The Balaban J connectivity index is 1.62. The molecule has 0 aliphatic carbocycles. The largest absolute Gasteiger partial charge is 0.419 e. The Hall–Kier alpha value is -2.94. The highest BCUT2D eigenvalue weighted by molar-refractivity contribution is 6.31. The highest BCUT2D eigenvalue weighted by Gasteiger charge is 2.36. The average molecular weight is 508 g/mol. The predicted molar refractivity (Wildman–Crippen MR) is 129 cm³/mol. The summed E-state index contributed by atoms with van der Waals surface area (Å²) < 4.78 is 54.0. The molecule has 5 nitrogen and oxygen atoms in total. The van der Waals surface area contributed by atoms with E-state index in [1.807, 2.05) is 19.9 Å². The fourth-order valence-corrected chi connectivity index (χ4v) is 4.30. The maximum absolute atomic E-state index is 13.6. The van der Waals surface area contributed by atoms with Crippen molar-refractivity contribution < 1.29 is 17.6 Å². The summed E-state index contributed by atoms with van der Waals surface area (Å²) in [5.74, 6) is 1.31. The summed E-state index contributed by atoms with van der Waals surface area (Å²) in [6.07, 6.45) is -2.19. The lowest BCUT2D eigenvalue weighted by atomic mass is 10.1. The molecule has 3 heterocycles. The monoisotopic (exact) mass is 507 g/mol. The van der Waals surface area contributed by atoms with E-state index in [1.54, 1.807) is 17.0 Å². The Kier molecular flexibility index (Phi) is 7.44. The quantitative estimate of drug-likeness (QED) is 0.394. The third-order valence-corrected chi connectivity index (χ3v) is 6.35. The van der Waals surface area contributed by atoms with E-state index in [0.29, 0.717) is 54.7 Å². The lowest BCUT2D eigenvalue weighted by Crippen LogP contribution is -2.29. The van der Waals surface area contributed by atoms with Gasteiger partial charge in [0.1, 0.15) is 24.1 Å². The Labute approximate surface area is 206 Å². The third kappa shape index (κ3) is 5.66. The second-order valence-electron chi connectivity index (χ2n) is 8.78. The second-order valence-corrected chi connectivity index (χ2v) is 9.19. The van der Waals surface area contributed by atoms with Gasteiger partial charge in [-0.1, -0.05) is 31.5 Å². The number of hydrogen-bond donors (Lipinski definition) is 1. The summed E-state index contributed by atoms with van der Waals surface area (Å²) in [4.78, 5) is 15.2. The standard InChI is InChI=1S/C25H26ClF4N5/c1-15(2)22-33-21-8-11-35(24-19(25(28,29)30)4-3-9-31-24)10-7-18(21)23(34-22)32-14-16-5-6-20(26)17(12-16)13-27/h3-6,9,12,15H,7-8,10-11,13-14H2,1-2H3,(H,32,33,34). The van der Waals surface area contributed by atoms with Crippen molar-refractivity contribution in [2.45, 2.75) is 52.0 Å². The van der Waals surface area contributed by atoms with E-state index < -0.39 is 18.4 Å². The van der Waals surface area contributed by atoms with Crippen LogP contribution in [0.25, 0.3) is 0 Å². The summed E-state index contributed by atoms with van der Waals surface area (Å²) in [5, 5.41) is 3.72. The van der Waals surface area contributed by atoms with E-state index in [9.17, 15) is 17.6 Å². The summed E-state index contributed by atoms with van der Waals surface area (Å²) in [6, 6.07) is 7.55. The van der Waals surface area contributed by atoms with Gasteiger partial charge in [0.25, 0.3) is 0 Å². The zero-order chi connectivity index (χ0) is 25.2. The van der Waals surface area contributed by atoms with E-state index in [2.05, 4.69) is 10.3 Å². The Morgan fingerprint density at radius 3 is 2.60 bits per heavy atom. The minimum absolute atomic E-state index is 0.0701. The fourth-order valence-electron chi connectivity index (χ4n) is 4.13. The summed E-state index contributed by atoms with van der Waals surface area (Å²) in [6.45, 7) is 4.43. The molecule has 186 valence electrons. The van der Waals surface area contributed by atoms with Gasteiger partial charge in [0, 0.05) is 54.3 Å². The molecule has 3 aromatic rings. The van der Waals surface area contributed by atoms with E-state index in [-0.39, 0.29) is 11.7 Å². The Morgan fingerprint density at radius 2 is 1.89 bits per heavy atom.